The van der Waals surface area contributed by atoms with Crippen molar-refractivity contribution in [3.8, 4) is 6.07 Å². The zero-order chi connectivity index (χ0) is 12.4. The van der Waals surface area contributed by atoms with Crippen LogP contribution in [0.15, 0.2) is 0 Å². The lowest BCUT2D eigenvalue weighted by molar-refractivity contribution is 0.00643. The summed E-state index contributed by atoms with van der Waals surface area (Å²) in [5.74, 6) is 0. The van der Waals surface area contributed by atoms with E-state index in [2.05, 4.69) is 11.4 Å². The monoisotopic (exact) mass is 228 g/mol. The van der Waals surface area contributed by atoms with Gasteiger partial charge in [0.05, 0.1) is 18.8 Å². The van der Waals surface area contributed by atoms with E-state index < -0.39 is 5.54 Å². The van der Waals surface area contributed by atoms with E-state index >= 15 is 0 Å². The second-order valence-corrected chi connectivity index (χ2v) is 4.04. The molecule has 0 bridgehead atoms. The Kier molecular flexibility index (Phi) is 8.18. The maximum absolute atomic E-state index is 9.10. The molecule has 0 saturated carbocycles. The number of rotatable bonds is 9. The van der Waals surface area contributed by atoms with Crippen molar-refractivity contribution in [2.75, 3.05) is 27.4 Å². The van der Waals surface area contributed by atoms with Gasteiger partial charge in [0.15, 0.2) is 0 Å². The van der Waals surface area contributed by atoms with E-state index in [-0.39, 0.29) is 6.10 Å². The molecule has 0 aliphatic heterocycles. The molecule has 0 rings (SSSR count). The molecule has 0 aromatic heterocycles. The molecule has 0 amide bonds. The molecule has 0 aromatic carbocycles. The van der Waals surface area contributed by atoms with Crippen LogP contribution in [0.25, 0.3) is 0 Å². The van der Waals surface area contributed by atoms with Crippen molar-refractivity contribution < 1.29 is 9.47 Å². The molecule has 0 aliphatic rings. The smallest absolute Gasteiger partial charge is 0.106 e. The fourth-order valence-electron chi connectivity index (χ4n) is 1.61. The molecule has 0 spiro atoms. The Labute approximate surface area is 98.9 Å². The van der Waals surface area contributed by atoms with Crippen molar-refractivity contribution in [1.82, 2.24) is 5.32 Å². The molecule has 0 aliphatic carbocycles. The first-order valence-corrected chi connectivity index (χ1v) is 5.84. The van der Waals surface area contributed by atoms with E-state index in [1.165, 1.54) is 0 Å². The molecule has 0 aromatic rings. The van der Waals surface area contributed by atoms with Crippen LogP contribution in [0.3, 0.4) is 0 Å². The highest BCUT2D eigenvalue weighted by molar-refractivity contribution is 5.05. The molecule has 0 heterocycles. The van der Waals surface area contributed by atoms with Crippen molar-refractivity contribution in [2.45, 2.75) is 44.8 Å². The summed E-state index contributed by atoms with van der Waals surface area (Å²) < 4.78 is 10.5. The topological polar surface area (TPSA) is 54.3 Å². The average molecular weight is 228 g/mol. The van der Waals surface area contributed by atoms with Crippen LogP contribution in [0, 0.1) is 11.3 Å². The quantitative estimate of drug-likeness (QED) is 0.610. The van der Waals surface area contributed by atoms with Crippen molar-refractivity contribution in [3.05, 3.63) is 0 Å². The highest BCUT2D eigenvalue weighted by Crippen LogP contribution is 2.15. The summed E-state index contributed by atoms with van der Waals surface area (Å²) in [6.45, 7) is 5.30. The van der Waals surface area contributed by atoms with E-state index in [9.17, 15) is 0 Å². The van der Waals surface area contributed by atoms with Crippen LogP contribution >= 0.6 is 0 Å². The summed E-state index contributed by atoms with van der Waals surface area (Å²) in [4.78, 5) is 0. The third kappa shape index (κ3) is 5.45. The van der Waals surface area contributed by atoms with Gasteiger partial charge in [-0.25, -0.2) is 0 Å². The van der Waals surface area contributed by atoms with Crippen molar-refractivity contribution >= 4 is 0 Å². The normalized spacial score (nSPS) is 16.4. The van der Waals surface area contributed by atoms with Crippen LogP contribution in [-0.2, 0) is 9.47 Å². The Bertz CT molecular complexity index is 210. The summed E-state index contributed by atoms with van der Waals surface area (Å²) in [7, 11) is 3.50. The summed E-state index contributed by atoms with van der Waals surface area (Å²) in [5.41, 5.74) is -0.395. The molecular weight excluding hydrogens is 204 g/mol. The molecule has 4 heteroatoms. The molecule has 94 valence electrons. The van der Waals surface area contributed by atoms with E-state index in [0.29, 0.717) is 13.2 Å². The molecule has 2 atom stereocenters. The number of hydrogen-bond donors (Lipinski definition) is 1. The molecule has 1 N–H and O–H groups in total. The van der Waals surface area contributed by atoms with Crippen molar-refractivity contribution in [2.24, 2.45) is 0 Å². The minimum atomic E-state index is -0.395. The van der Waals surface area contributed by atoms with Crippen LogP contribution in [0.4, 0.5) is 0 Å². The molecule has 0 saturated heterocycles. The minimum absolute atomic E-state index is 0.123. The number of nitrogens with one attached hydrogen (secondary N) is 1. The van der Waals surface area contributed by atoms with Gasteiger partial charge in [0, 0.05) is 13.7 Å². The van der Waals surface area contributed by atoms with Crippen LogP contribution in [0.2, 0.25) is 0 Å². The first-order chi connectivity index (χ1) is 7.64. The Morgan fingerprint density at radius 1 is 1.50 bits per heavy atom. The third-order valence-corrected chi connectivity index (χ3v) is 2.85. The maximum atomic E-state index is 9.10. The van der Waals surface area contributed by atoms with E-state index in [4.69, 9.17) is 14.7 Å². The molecular formula is C12H24N2O2. The number of methoxy groups -OCH3 is 1. The predicted octanol–water partition coefficient (Wildman–Crippen LogP) is 1.71. The standard InChI is InChI=1S/C12H24N2O2/c1-5-12(10-13,14-3)7-6-8-16-11(2)9-15-4/h11,14H,5-9H2,1-4H3. The van der Waals surface area contributed by atoms with Gasteiger partial charge >= 0.3 is 0 Å². The Morgan fingerprint density at radius 3 is 2.62 bits per heavy atom. The van der Waals surface area contributed by atoms with E-state index in [0.717, 1.165) is 19.3 Å². The highest BCUT2D eigenvalue weighted by Gasteiger charge is 2.24. The summed E-state index contributed by atoms with van der Waals surface area (Å²) in [6, 6.07) is 2.34. The summed E-state index contributed by atoms with van der Waals surface area (Å²) in [5, 5.41) is 12.2. The first-order valence-electron chi connectivity index (χ1n) is 5.84. The molecule has 2 unspecified atom stereocenters. The van der Waals surface area contributed by atoms with Gasteiger partial charge in [-0.2, -0.15) is 5.26 Å². The van der Waals surface area contributed by atoms with Gasteiger partial charge in [-0.3, -0.25) is 0 Å². The molecule has 0 fully saturated rings. The zero-order valence-corrected chi connectivity index (χ0v) is 10.9. The Balaban J connectivity index is 3.76. The van der Waals surface area contributed by atoms with Crippen molar-refractivity contribution in [3.63, 3.8) is 0 Å². The van der Waals surface area contributed by atoms with E-state index in [1.807, 2.05) is 20.9 Å². The van der Waals surface area contributed by atoms with Gasteiger partial charge in [0.1, 0.15) is 5.54 Å². The van der Waals surface area contributed by atoms with Crippen molar-refractivity contribution in [1.29, 1.82) is 5.26 Å². The summed E-state index contributed by atoms with van der Waals surface area (Å²) in [6.07, 6.45) is 2.64. The minimum Gasteiger partial charge on any atom is -0.382 e. The fraction of sp³-hybridized carbons (Fsp3) is 0.917. The van der Waals surface area contributed by atoms with Crippen LogP contribution < -0.4 is 5.32 Å². The number of nitrogens with zero attached hydrogens (tertiary/aromatic N) is 1. The lowest BCUT2D eigenvalue weighted by Gasteiger charge is -2.24. The highest BCUT2D eigenvalue weighted by atomic mass is 16.5. The summed E-state index contributed by atoms with van der Waals surface area (Å²) >= 11 is 0. The van der Waals surface area contributed by atoms with Gasteiger partial charge in [-0.1, -0.05) is 6.92 Å². The molecule has 16 heavy (non-hydrogen) atoms. The Morgan fingerprint density at radius 2 is 2.19 bits per heavy atom. The van der Waals surface area contributed by atoms with Crippen LogP contribution in [-0.4, -0.2) is 39.0 Å². The first kappa shape index (κ1) is 15.4. The number of hydrogen-bond acceptors (Lipinski definition) is 4. The van der Waals surface area contributed by atoms with Gasteiger partial charge in [-0.15, -0.1) is 0 Å². The second kappa shape index (κ2) is 8.51. The maximum Gasteiger partial charge on any atom is 0.106 e. The van der Waals surface area contributed by atoms with Gasteiger partial charge in [0.2, 0.25) is 0 Å². The average Bonchev–Trinajstić information content (AvgIpc) is 2.31. The second-order valence-electron chi connectivity index (χ2n) is 4.04. The SMILES string of the molecule is CCC(C#N)(CCCOC(C)COC)NC. The van der Waals surface area contributed by atoms with Gasteiger partial charge in [-0.05, 0) is 33.2 Å². The lowest BCUT2D eigenvalue weighted by Crippen LogP contribution is -2.41. The number of ether oxygens (including phenoxy) is 2. The Hall–Kier alpha value is -0.630. The predicted molar refractivity (Wildman–Crippen MR) is 64.2 cm³/mol. The van der Waals surface area contributed by atoms with Crippen LogP contribution in [0.1, 0.15) is 33.1 Å². The van der Waals surface area contributed by atoms with Crippen LogP contribution in [0.5, 0.6) is 0 Å². The lowest BCUT2D eigenvalue weighted by atomic mass is 9.92. The number of nitriles is 1. The molecule has 0 radical (unpaired) electrons. The molecule has 4 nitrogen and oxygen atoms in total. The fourth-order valence-corrected chi connectivity index (χ4v) is 1.61. The zero-order valence-electron chi connectivity index (χ0n) is 10.9. The van der Waals surface area contributed by atoms with E-state index in [1.54, 1.807) is 7.11 Å². The van der Waals surface area contributed by atoms with Gasteiger partial charge in [0.25, 0.3) is 0 Å². The third-order valence-electron chi connectivity index (χ3n) is 2.85. The van der Waals surface area contributed by atoms with Gasteiger partial charge < -0.3 is 14.8 Å². The largest absolute Gasteiger partial charge is 0.382 e.